The van der Waals surface area contributed by atoms with Crippen molar-refractivity contribution in [3.63, 3.8) is 0 Å². The number of anilines is 2. The third-order valence-corrected chi connectivity index (χ3v) is 6.71. The largest absolute Gasteiger partial charge is 0.354 e. The SMILES string of the molecule is ON1CCN(c2cccc(-c3cnc4ccc(N5CCCC5c5cccc(F)c5)nn34)n2)CC1. The van der Waals surface area contributed by atoms with E-state index in [1.54, 1.807) is 18.3 Å². The minimum Gasteiger partial charge on any atom is -0.354 e. The Hall–Kier alpha value is -3.56. The molecule has 2 aliphatic rings. The van der Waals surface area contributed by atoms with Crippen molar-refractivity contribution in [3.05, 3.63) is 72.2 Å². The zero-order valence-electron chi connectivity index (χ0n) is 18.8. The van der Waals surface area contributed by atoms with E-state index in [-0.39, 0.29) is 11.9 Å². The lowest BCUT2D eigenvalue weighted by molar-refractivity contribution is -0.0936. The highest BCUT2D eigenvalue weighted by Crippen LogP contribution is 2.35. The number of fused-ring (bicyclic) bond motifs is 1. The highest BCUT2D eigenvalue weighted by molar-refractivity contribution is 5.62. The van der Waals surface area contributed by atoms with Gasteiger partial charge in [0.25, 0.3) is 0 Å². The third-order valence-electron chi connectivity index (χ3n) is 6.71. The van der Waals surface area contributed by atoms with Gasteiger partial charge in [-0.15, -0.1) is 5.10 Å². The van der Waals surface area contributed by atoms with Crippen LogP contribution in [0.25, 0.3) is 17.0 Å². The maximum atomic E-state index is 13.9. The van der Waals surface area contributed by atoms with Crippen LogP contribution in [0.15, 0.2) is 60.8 Å². The van der Waals surface area contributed by atoms with E-state index in [2.05, 4.69) is 14.8 Å². The van der Waals surface area contributed by atoms with Crippen molar-refractivity contribution in [3.8, 4) is 11.4 Å². The first-order valence-electron chi connectivity index (χ1n) is 11.7. The van der Waals surface area contributed by atoms with Gasteiger partial charge in [0.2, 0.25) is 0 Å². The van der Waals surface area contributed by atoms with Crippen molar-refractivity contribution < 1.29 is 9.60 Å². The van der Waals surface area contributed by atoms with Crippen LogP contribution in [0.4, 0.5) is 16.0 Å². The molecule has 1 N–H and O–H groups in total. The van der Waals surface area contributed by atoms with Gasteiger partial charge in [-0.1, -0.05) is 18.2 Å². The van der Waals surface area contributed by atoms with Gasteiger partial charge in [0, 0.05) is 32.7 Å². The maximum absolute atomic E-state index is 13.9. The number of halogens is 1. The quantitative estimate of drug-likeness (QED) is 0.498. The number of nitrogens with zero attached hydrogens (tertiary/aromatic N) is 7. The van der Waals surface area contributed by atoms with E-state index in [4.69, 9.17) is 10.1 Å². The van der Waals surface area contributed by atoms with Crippen molar-refractivity contribution in [2.24, 2.45) is 0 Å². The summed E-state index contributed by atoms with van der Waals surface area (Å²) in [6.07, 6.45) is 3.80. The van der Waals surface area contributed by atoms with Crippen LogP contribution in [0.3, 0.4) is 0 Å². The topological polar surface area (TPSA) is 73.0 Å². The molecular formula is C25H26FN7O. The number of hydroxylamine groups is 2. The van der Waals surface area contributed by atoms with E-state index < -0.39 is 0 Å². The second-order valence-corrected chi connectivity index (χ2v) is 8.83. The molecule has 6 rings (SSSR count). The van der Waals surface area contributed by atoms with Gasteiger partial charge in [-0.2, -0.15) is 5.06 Å². The monoisotopic (exact) mass is 459 g/mol. The van der Waals surface area contributed by atoms with Crippen LogP contribution in [-0.2, 0) is 0 Å². The summed E-state index contributed by atoms with van der Waals surface area (Å²) in [5.41, 5.74) is 3.34. The molecule has 9 heteroatoms. The molecule has 1 atom stereocenters. The second kappa shape index (κ2) is 8.66. The molecule has 2 saturated heterocycles. The minimum absolute atomic E-state index is 0.0965. The van der Waals surface area contributed by atoms with E-state index in [0.29, 0.717) is 13.1 Å². The molecule has 0 bridgehead atoms. The Balaban J connectivity index is 1.34. The summed E-state index contributed by atoms with van der Waals surface area (Å²) >= 11 is 0. The normalized spacial score (nSPS) is 19.3. The Bertz CT molecular complexity index is 1320. The molecule has 3 aromatic heterocycles. The maximum Gasteiger partial charge on any atom is 0.154 e. The molecule has 2 fully saturated rings. The number of pyridine rings is 1. The molecule has 0 radical (unpaired) electrons. The zero-order valence-corrected chi connectivity index (χ0v) is 18.8. The summed E-state index contributed by atoms with van der Waals surface area (Å²) in [7, 11) is 0. The molecule has 0 spiro atoms. The summed E-state index contributed by atoms with van der Waals surface area (Å²) in [6.45, 7) is 3.50. The summed E-state index contributed by atoms with van der Waals surface area (Å²) < 4.78 is 15.7. The first-order chi connectivity index (χ1) is 16.7. The zero-order chi connectivity index (χ0) is 23.1. The van der Waals surface area contributed by atoms with Crippen molar-refractivity contribution in [1.82, 2.24) is 24.6 Å². The van der Waals surface area contributed by atoms with Gasteiger partial charge in [-0.05, 0) is 54.8 Å². The Morgan fingerprint density at radius 2 is 1.76 bits per heavy atom. The molecule has 8 nitrogen and oxygen atoms in total. The van der Waals surface area contributed by atoms with E-state index in [0.717, 1.165) is 66.7 Å². The van der Waals surface area contributed by atoms with Crippen LogP contribution in [0.5, 0.6) is 0 Å². The summed E-state index contributed by atoms with van der Waals surface area (Å²) in [4.78, 5) is 13.8. The molecule has 0 amide bonds. The minimum atomic E-state index is -0.212. The second-order valence-electron chi connectivity index (χ2n) is 8.83. The van der Waals surface area contributed by atoms with Crippen molar-refractivity contribution in [2.45, 2.75) is 18.9 Å². The van der Waals surface area contributed by atoms with Crippen LogP contribution in [0, 0.1) is 5.82 Å². The summed E-state index contributed by atoms with van der Waals surface area (Å²) in [5, 5.41) is 15.9. The molecular weight excluding hydrogens is 433 g/mol. The highest BCUT2D eigenvalue weighted by Gasteiger charge is 2.28. The van der Waals surface area contributed by atoms with E-state index in [9.17, 15) is 9.60 Å². The average molecular weight is 460 g/mol. The lowest BCUT2D eigenvalue weighted by Crippen LogP contribution is -2.45. The van der Waals surface area contributed by atoms with Gasteiger partial charge in [0.15, 0.2) is 5.65 Å². The Morgan fingerprint density at radius 3 is 2.62 bits per heavy atom. The molecule has 2 aliphatic heterocycles. The number of hydrogen-bond donors (Lipinski definition) is 1. The molecule has 5 heterocycles. The number of benzene rings is 1. The van der Waals surface area contributed by atoms with Crippen molar-refractivity contribution in [2.75, 3.05) is 42.5 Å². The highest BCUT2D eigenvalue weighted by atomic mass is 19.1. The molecule has 174 valence electrons. The van der Waals surface area contributed by atoms with Gasteiger partial charge in [-0.25, -0.2) is 18.9 Å². The number of piperazine rings is 1. The predicted molar refractivity (Wildman–Crippen MR) is 128 cm³/mol. The number of imidazole rings is 1. The molecule has 4 aromatic rings. The Kier molecular flexibility index (Phi) is 5.35. The third kappa shape index (κ3) is 3.86. The van der Waals surface area contributed by atoms with Crippen molar-refractivity contribution in [1.29, 1.82) is 0 Å². The number of rotatable bonds is 4. The fourth-order valence-electron chi connectivity index (χ4n) is 4.96. The fourth-order valence-corrected chi connectivity index (χ4v) is 4.96. The number of hydrogen-bond acceptors (Lipinski definition) is 7. The first kappa shape index (κ1) is 21.0. The fraction of sp³-hybridized carbons (Fsp3) is 0.320. The smallest absolute Gasteiger partial charge is 0.154 e. The lowest BCUT2D eigenvalue weighted by Gasteiger charge is -2.32. The van der Waals surface area contributed by atoms with Crippen LogP contribution < -0.4 is 9.80 Å². The van der Waals surface area contributed by atoms with Gasteiger partial charge >= 0.3 is 0 Å². The van der Waals surface area contributed by atoms with Gasteiger partial charge in [-0.3, -0.25) is 0 Å². The molecule has 1 unspecified atom stereocenters. The molecule has 34 heavy (non-hydrogen) atoms. The van der Waals surface area contributed by atoms with Gasteiger partial charge in [0.05, 0.1) is 17.9 Å². The molecule has 1 aromatic carbocycles. The van der Waals surface area contributed by atoms with Crippen LogP contribution in [0.2, 0.25) is 0 Å². The molecule has 0 aliphatic carbocycles. The predicted octanol–water partition coefficient (Wildman–Crippen LogP) is 3.78. The van der Waals surface area contributed by atoms with Crippen LogP contribution in [0.1, 0.15) is 24.4 Å². The standard InChI is InChI=1S/C25H26FN7O/c26-19-5-1-4-18(16-19)21-7-3-11-32(21)25-10-9-23-27-17-22(33(23)29-25)20-6-2-8-24(28-20)30-12-14-31(34)15-13-30/h1-2,4-6,8-10,16-17,21,34H,3,7,11-15H2. The van der Waals surface area contributed by atoms with E-state index >= 15 is 0 Å². The summed E-state index contributed by atoms with van der Waals surface area (Å²) in [6, 6.07) is 16.9. The summed E-state index contributed by atoms with van der Waals surface area (Å²) in [5.74, 6) is 1.51. The number of aromatic nitrogens is 4. The first-order valence-corrected chi connectivity index (χ1v) is 11.7. The Morgan fingerprint density at radius 1 is 0.912 bits per heavy atom. The Labute approximate surface area is 196 Å². The lowest BCUT2D eigenvalue weighted by atomic mass is 10.0. The van der Waals surface area contributed by atoms with Crippen LogP contribution in [-0.4, -0.2) is 62.6 Å². The van der Waals surface area contributed by atoms with Gasteiger partial charge in [0.1, 0.15) is 23.1 Å². The van der Waals surface area contributed by atoms with Crippen molar-refractivity contribution >= 4 is 17.3 Å². The van der Waals surface area contributed by atoms with E-state index in [1.807, 2.05) is 40.9 Å². The van der Waals surface area contributed by atoms with Gasteiger partial charge < -0.3 is 15.0 Å². The average Bonchev–Trinajstić information content (AvgIpc) is 3.52. The van der Waals surface area contributed by atoms with E-state index in [1.165, 1.54) is 11.1 Å². The van der Waals surface area contributed by atoms with Crippen LogP contribution >= 0.6 is 0 Å². The molecule has 0 saturated carbocycles.